The molecule has 0 bridgehead atoms. The minimum Gasteiger partial charge on any atom is -0.399 e. The van der Waals surface area contributed by atoms with Crippen molar-refractivity contribution in [3.8, 4) is 5.75 Å². The standard InChI is InChI=1S/C11H16F3NO3SSi/c1-7-5-8(15)10(20(2,3)4)9(6-7)18-19(16,17)11(12,13)14/h5-6H,15H2,1-4H3. The molecule has 2 N–H and O–H groups in total. The maximum atomic E-state index is 12.4. The van der Waals surface area contributed by atoms with Gasteiger partial charge in [-0.1, -0.05) is 19.6 Å². The Labute approximate surface area is 116 Å². The lowest BCUT2D eigenvalue weighted by Crippen LogP contribution is -2.42. The van der Waals surface area contributed by atoms with Gasteiger partial charge < -0.3 is 9.92 Å². The van der Waals surface area contributed by atoms with Crippen LogP contribution in [0, 0.1) is 6.92 Å². The van der Waals surface area contributed by atoms with Crippen LogP contribution in [0.1, 0.15) is 5.56 Å². The van der Waals surface area contributed by atoms with Crippen LogP contribution in [0.25, 0.3) is 0 Å². The highest BCUT2D eigenvalue weighted by Gasteiger charge is 2.49. The van der Waals surface area contributed by atoms with Gasteiger partial charge in [-0.2, -0.15) is 21.6 Å². The van der Waals surface area contributed by atoms with Gasteiger partial charge in [0, 0.05) is 10.9 Å². The third-order valence-electron chi connectivity index (χ3n) is 2.51. The Hall–Kier alpha value is -1.22. The van der Waals surface area contributed by atoms with Crippen molar-refractivity contribution in [1.82, 2.24) is 0 Å². The molecule has 0 aliphatic rings. The summed E-state index contributed by atoms with van der Waals surface area (Å²) in [5.41, 5.74) is 1.12. The molecule has 4 nitrogen and oxygen atoms in total. The van der Waals surface area contributed by atoms with Gasteiger partial charge in [0.2, 0.25) is 0 Å². The molecule has 0 aliphatic carbocycles. The Bertz CT molecular complexity index is 621. The summed E-state index contributed by atoms with van der Waals surface area (Å²) in [7, 11) is -7.89. The quantitative estimate of drug-likeness (QED) is 0.400. The van der Waals surface area contributed by atoms with E-state index < -0.39 is 23.7 Å². The second-order valence-corrected chi connectivity index (χ2v) is 12.0. The topological polar surface area (TPSA) is 69.4 Å². The van der Waals surface area contributed by atoms with E-state index in [1.165, 1.54) is 6.07 Å². The van der Waals surface area contributed by atoms with Crippen LogP contribution in [-0.4, -0.2) is 22.0 Å². The normalized spacial score (nSPS) is 13.3. The summed E-state index contributed by atoms with van der Waals surface area (Å²) in [4.78, 5) is 0. The van der Waals surface area contributed by atoms with Crippen molar-refractivity contribution in [2.24, 2.45) is 0 Å². The first-order valence-electron chi connectivity index (χ1n) is 5.67. The molecule has 0 aromatic heterocycles. The van der Waals surface area contributed by atoms with Crippen molar-refractivity contribution in [3.05, 3.63) is 17.7 Å². The number of anilines is 1. The number of alkyl halides is 3. The maximum Gasteiger partial charge on any atom is 0.534 e. The lowest BCUT2D eigenvalue weighted by Gasteiger charge is -2.23. The minimum atomic E-state index is -5.70. The Balaban J connectivity index is 3.47. The molecule has 1 aromatic carbocycles. The van der Waals surface area contributed by atoms with Crippen LogP contribution in [0.15, 0.2) is 12.1 Å². The lowest BCUT2D eigenvalue weighted by atomic mass is 10.2. The second kappa shape index (κ2) is 4.96. The molecule has 0 amide bonds. The van der Waals surface area contributed by atoms with E-state index in [1.54, 1.807) is 13.0 Å². The number of halogens is 3. The fourth-order valence-corrected chi connectivity index (χ4v) is 4.15. The van der Waals surface area contributed by atoms with Crippen LogP contribution in [0.3, 0.4) is 0 Å². The molecule has 20 heavy (non-hydrogen) atoms. The number of nitrogen functional groups attached to an aromatic ring is 1. The van der Waals surface area contributed by atoms with Crippen molar-refractivity contribution < 1.29 is 25.8 Å². The average molecular weight is 327 g/mol. The molecule has 0 atom stereocenters. The average Bonchev–Trinajstić information content (AvgIpc) is 2.09. The van der Waals surface area contributed by atoms with E-state index in [-0.39, 0.29) is 11.4 Å². The first-order chi connectivity index (χ1) is 8.75. The first kappa shape index (κ1) is 16.8. The Morgan fingerprint density at radius 3 is 2.10 bits per heavy atom. The molecule has 0 radical (unpaired) electrons. The van der Waals surface area contributed by atoms with Crippen LogP contribution in [0.5, 0.6) is 5.75 Å². The van der Waals surface area contributed by atoms with Crippen LogP contribution in [-0.2, 0) is 10.1 Å². The summed E-state index contributed by atoms with van der Waals surface area (Å²) in [5.74, 6) is -0.334. The van der Waals surface area contributed by atoms with Gasteiger partial charge in [0.15, 0.2) is 0 Å². The number of hydrogen-bond acceptors (Lipinski definition) is 4. The van der Waals surface area contributed by atoms with E-state index in [9.17, 15) is 21.6 Å². The van der Waals surface area contributed by atoms with E-state index in [2.05, 4.69) is 4.18 Å². The van der Waals surface area contributed by atoms with Crippen molar-refractivity contribution in [2.45, 2.75) is 32.1 Å². The molecule has 9 heteroatoms. The fourth-order valence-electron chi connectivity index (χ4n) is 1.81. The summed E-state index contributed by atoms with van der Waals surface area (Å²) in [6.07, 6.45) is 0. The van der Waals surface area contributed by atoms with Crippen LogP contribution in [0.4, 0.5) is 18.9 Å². The van der Waals surface area contributed by atoms with Crippen molar-refractivity contribution in [2.75, 3.05) is 5.73 Å². The Kier molecular flexibility index (Phi) is 4.17. The van der Waals surface area contributed by atoms with Gasteiger partial charge in [-0.05, 0) is 24.6 Å². The van der Waals surface area contributed by atoms with Crippen LogP contribution >= 0.6 is 0 Å². The molecule has 0 heterocycles. The van der Waals surface area contributed by atoms with Crippen molar-refractivity contribution >= 4 is 29.1 Å². The fraction of sp³-hybridized carbons (Fsp3) is 0.455. The summed E-state index contributed by atoms with van der Waals surface area (Å²) >= 11 is 0. The number of rotatable bonds is 3. The van der Waals surface area contributed by atoms with E-state index in [0.717, 1.165) is 0 Å². The van der Waals surface area contributed by atoms with Gasteiger partial charge in [-0.25, -0.2) is 0 Å². The first-order valence-corrected chi connectivity index (χ1v) is 10.6. The molecule has 114 valence electrons. The summed E-state index contributed by atoms with van der Waals surface area (Å²) < 4.78 is 63.8. The van der Waals surface area contributed by atoms with Crippen molar-refractivity contribution in [3.63, 3.8) is 0 Å². The van der Waals surface area contributed by atoms with E-state index in [4.69, 9.17) is 5.73 Å². The summed E-state index contributed by atoms with van der Waals surface area (Å²) in [6, 6.07) is 2.84. The highest BCUT2D eigenvalue weighted by molar-refractivity contribution is 7.88. The van der Waals surface area contributed by atoms with E-state index in [0.29, 0.717) is 10.8 Å². The van der Waals surface area contributed by atoms with Gasteiger partial charge >= 0.3 is 15.6 Å². The molecule has 0 aliphatic heterocycles. The van der Waals surface area contributed by atoms with Crippen molar-refractivity contribution in [1.29, 1.82) is 0 Å². The largest absolute Gasteiger partial charge is 0.534 e. The minimum absolute atomic E-state index is 0.247. The highest BCUT2D eigenvalue weighted by Crippen LogP contribution is 2.29. The zero-order valence-corrected chi connectivity index (χ0v) is 13.3. The third kappa shape index (κ3) is 3.45. The molecule has 0 saturated heterocycles. The van der Waals surface area contributed by atoms with Crippen LogP contribution in [0.2, 0.25) is 19.6 Å². The number of nitrogens with two attached hydrogens (primary N) is 1. The number of aryl methyl sites for hydroxylation is 1. The summed E-state index contributed by atoms with van der Waals surface area (Å²) in [6.45, 7) is 7.10. The molecule has 0 spiro atoms. The predicted molar refractivity (Wildman–Crippen MR) is 74.2 cm³/mol. The number of benzene rings is 1. The zero-order valence-electron chi connectivity index (χ0n) is 11.5. The van der Waals surface area contributed by atoms with Gasteiger partial charge in [-0.15, -0.1) is 0 Å². The van der Waals surface area contributed by atoms with Gasteiger partial charge in [0.25, 0.3) is 0 Å². The van der Waals surface area contributed by atoms with Gasteiger partial charge in [0.05, 0.1) is 8.07 Å². The molecule has 0 saturated carbocycles. The Morgan fingerprint density at radius 2 is 1.70 bits per heavy atom. The van der Waals surface area contributed by atoms with Crippen LogP contribution < -0.4 is 15.1 Å². The van der Waals surface area contributed by atoms with E-state index >= 15 is 0 Å². The molecule has 0 fully saturated rings. The SMILES string of the molecule is Cc1cc(N)c([Si](C)(C)C)c(OS(=O)(=O)C(F)(F)F)c1. The third-order valence-corrected chi connectivity index (χ3v) is 5.51. The zero-order chi connectivity index (χ0) is 15.9. The molecule has 1 aromatic rings. The van der Waals surface area contributed by atoms with Gasteiger partial charge in [-0.3, -0.25) is 0 Å². The van der Waals surface area contributed by atoms with E-state index in [1.807, 2.05) is 19.6 Å². The molecular weight excluding hydrogens is 311 g/mol. The lowest BCUT2D eigenvalue weighted by molar-refractivity contribution is -0.0499. The monoisotopic (exact) mass is 327 g/mol. The highest BCUT2D eigenvalue weighted by atomic mass is 32.2. The number of hydrogen-bond donors (Lipinski definition) is 1. The predicted octanol–water partition coefficient (Wildman–Crippen LogP) is 2.35. The molecular formula is C11H16F3NO3SSi. The van der Waals surface area contributed by atoms with Gasteiger partial charge in [0.1, 0.15) is 5.75 Å². The smallest absolute Gasteiger partial charge is 0.399 e. The molecule has 0 unspecified atom stereocenters. The second-order valence-electron chi connectivity index (χ2n) is 5.46. The summed E-state index contributed by atoms with van der Waals surface area (Å²) in [5, 5.41) is 0.357. The Morgan fingerprint density at radius 1 is 1.20 bits per heavy atom. The molecule has 1 rings (SSSR count). The maximum absolute atomic E-state index is 12.4.